The zero-order valence-corrected chi connectivity index (χ0v) is 12.8. The Morgan fingerprint density at radius 1 is 1.32 bits per heavy atom. The van der Waals surface area contributed by atoms with Gasteiger partial charge in [0.1, 0.15) is 18.1 Å². The maximum absolute atomic E-state index is 5.81. The van der Waals surface area contributed by atoms with Crippen LogP contribution in [0.5, 0.6) is 11.5 Å². The molecule has 0 radical (unpaired) electrons. The molecular formula is C16H14N2O3S. The first kappa shape index (κ1) is 13.3. The molecule has 1 aromatic carbocycles. The molecule has 2 aromatic heterocycles. The van der Waals surface area contributed by atoms with Crippen molar-refractivity contribution >= 4 is 11.3 Å². The molecule has 3 heterocycles. The average Bonchev–Trinajstić information content (AvgIpc) is 3.24. The third kappa shape index (κ3) is 2.35. The molecule has 22 heavy (non-hydrogen) atoms. The lowest BCUT2D eigenvalue weighted by atomic mass is 9.96. The van der Waals surface area contributed by atoms with Crippen molar-refractivity contribution in [3.63, 3.8) is 0 Å². The fraction of sp³-hybridized carbons (Fsp3) is 0.250. The molecule has 3 aromatic rings. The second kappa shape index (κ2) is 5.46. The van der Waals surface area contributed by atoms with Crippen LogP contribution in [0.25, 0.3) is 10.7 Å². The molecule has 1 aliphatic heterocycles. The van der Waals surface area contributed by atoms with Crippen LogP contribution >= 0.6 is 11.3 Å². The van der Waals surface area contributed by atoms with Gasteiger partial charge in [-0.05, 0) is 41.6 Å². The smallest absolute Gasteiger partial charge is 0.233 e. The fourth-order valence-electron chi connectivity index (χ4n) is 2.56. The summed E-state index contributed by atoms with van der Waals surface area (Å²) in [6, 6.07) is 9.80. The van der Waals surface area contributed by atoms with Crippen molar-refractivity contribution in [3.8, 4) is 22.2 Å². The lowest BCUT2D eigenvalue weighted by Gasteiger charge is -2.23. The Balaban J connectivity index is 1.59. The molecule has 1 aliphatic rings. The maximum atomic E-state index is 5.81. The molecule has 112 valence electrons. The molecule has 6 heteroatoms. The predicted molar refractivity (Wildman–Crippen MR) is 82.5 cm³/mol. The average molecular weight is 314 g/mol. The van der Waals surface area contributed by atoms with E-state index in [0.717, 1.165) is 28.4 Å². The third-order valence-electron chi connectivity index (χ3n) is 3.71. The number of fused-ring (bicyclic) bond motifs is 1. The Morgan fingerprint density at radius 2 is 2.27 bits per heavy atom. The van der Waals surface area contributed by atoms with E-state index >= 15 is 0 Å². The number of aromatic nitrogens is 2. The third-order valence-corrected chi connectivity index (χ3v) is 4.57. The Kier molecular flexibility index (Phi) is 3.31. The van der Waals surface area contributed by atoms with Crippen LogP contribution in [0.3, 0.4) is 0 Å². The SMILES string of the molecule is COc1ccc2c(c1)C[C@H](c1nc(-c3cccs3)no1)CO2. The van der Waals surface area contributed by atoms with Crippen LogP contribution in [-0.2, 0) is 6.42 Å². The van der Waals surface area contributed by atoms with Crippen LogP contribution in [0.1, 0.15) is 17.4 Å². The summed E-state index contributed by atoms with van der Waals surface area (Å²) in [5, 5.41) is 6.07. The van der Waals surface area contributed by atoms with Crippen LogP contribution in [0.15, 0.2) is 40.2 Å². The van der Waals surface area contributed by atoms with Crippen molar-refractivity contribution in [2.75, 3.05) is 13.7 Å². The van der Waals surface area contributed by atoms with E-state index in [4.69, 9.17) is 14.0 Å². The number of hydrogen-bond donors (Lipinski definition) is 0. The second-order valence-corrected chi connectivity index (χ2v) is 6.07. The van der Waals surface area contributed by atoms with Crippen LogP contribution in [0.2, 0.25) is 0 Å². The molecule has 0 N–H and O–H groups in total. The normalized spacial score (nSPS) is 16.9. The monoisotopic (exact) mass is 314 g/mol. The zero-order valence-electron chi connectivity index (χ0n) is 12.0. The molecule has 1 atom stereocenters. The summed E-state index contributed by atoms with van der Waals surface area (Å²) in [5.74, 6) is 3.06. The highest BCUT2D eigenvalue weighted by molar-refractivity contribution is 7.13. The quantitative estimate of drug-likeness (QED) is 0.740. The summed E-state index contributed by atoms with van der Waals surface area (Å²) < 4.78 is 16.5. The van der Waals surface area contributed by atoms with Gasteiger partial charge in [0, 0.05) is 0 Å². The molecule has 0 saturated carbocycles. The van der Waals surface area contributed by atoms with Gasteiger partial charge < -0.3 is 14.0 Å². The lowest BCUT2D eigenvalue weighted by Crippen LogP contribution is -2.19. The summed E-state index contributed by atoms with van der Waals surface area (Å²) in [6.07, 6.45) is 0.804. The molecule has 0 aliphatic carbocycles. The van der Waals surface area contributed by atoms with E-state index in [-0.39, 0.29) is 5.92 Å². The molecule has 0 amide bonds. The van der Waals surface area contributed by atoms with Crippen LogP contribution in [0.4, 0.5) is 0 Å². The van der Waals surface area contributed by atoms with E-state index in [1.54, 1.807) is 18.4 Å². The van der Waals surface area contributed by atoms with Gasteiger partial charge in [0.25, 0.3) is 0 Å². The topological polar surface area (TPSA) is 57.4 Å². The van der Waals surface area contributed by atoms with Crippen LogP contribution in [-0.4, -0.2) is 23.9 Å². The molecular weight excluding hydrogens is 300 g/mol. The van der Waals surface area contributed by atoms with E-state index in [1.165, 1.54) is 0 Å². The predicted octanol–water partition coefficient (Wildman–Crippen LogP) is 3.53. The minimum Gasteiger partial charge on any atom is -0.497 e. The van der Waals surface area contributed by atoms with Crippen molar-refractivity contribution in [1.29, 1.82) is 0 Å². The number of thiophene rings is 1. The molecule has 0 spiro atoms. The van der Waals surface area contributed by atoms with E-state index in [2.05, 4.69) is 10.1 Å². The molecule has 5 nitrogen and oxygen atoms in total. The van der Waals surface area contributed by atoms with Crippen molar-refractivity contribution in [1.82, 2.24) is 10.1 Å². The Labute approximate surface area is 131 Å². The van der Waals surface area contributed by atoms with E-state index in [0.29, 0.717) is 18.3 Å². The van der Waals surface area contributed by atoms with Gasteiger partial charge in [0.05, 0.1) is 17.9 Å². The maximum Gasteiger partial charge on any atom is 0.233 e. The number of hydrogen-bond acceptors (Lipinski definition) is 6. The van der Waals surface area contributed by atoms with Gasteiger partial charge in [0.2, 0.25) is 11.7 Å². The summed E-state index contributed by atoms with van der Waals surface area (Å²) in [7, 11) is 1.66. The molecule has 0 saturated heterocycles. The summed E-state index contributed by atoms with van der Waals surface area (Å²) in [6.45, 7) is 0.547. The number of methoxy groups -OCH3 is 1. The van der Waals surface area contributed by atoms with Gasteiger partial charge in [-0.15, -0.1) is 11.3 Å². The van der Waals surface area contributed by atoms with Gasteiger partial charge in [-0.2, -0.15) is 4.98 Å². The second-order valence-electron chi connectivity index (χ2n) is 5.12. The Hall–Kier alpha value is -2.34. The number of nitrogens with zero attached hydrogens (tertiary/aromatic N) is 2. The molecule has 4 rings (SSSR count). The Morgan fingerprint density at radius 3 is 3.09 bits per heavy atom. The molecule has 0 bridgehead atoms. The number of benzene rings is 1. The number of ether oxygens (including phenoxy) is 2. The molecule has 0 fully saturated rings. The van der Waals surface area contributed by atoms with Gasteiger partial charge in [-0.3, -0.25) is 0 Å². The van der Waals surface area contributed by atoms with Crippen molar-refractivity contribution in [2.45, 2.75) is 12.3 Å². The lowest BCUT2D eigenvalue weighted by molar-refractivity contribution is 0.230. The van der Waals surface area contributed by atoms with E-state index in [1.807, 2.05) is 35.7 Å². The molecule has 0 unspecified atom stereocenters. The highest BCUT2D eigenvalue weighted by Crippen LogP contribution is 2.34. The summed E-state index contributed by atoms with van der Waals surface area (Å²) in [5.41, 5.74) is 1.10. The first-order chi connectivity index (χ1) is 10.8. The highest BCUT2D eigenvalue weighted by Gasteiger charge is 2.27. The fourth-order valence-corrected chi connectivity index (χ4v) is 3.21. The summed E-state index contributed by atoms with van der Waals surface area (Å²) in [4.78, 5) is 5.52. The largest absolute Gasteiger partial charge is 0.497 e. The van der Waals surface area contributed by atoms with Gasteiger partial charge in [0.15, 0.2) is 0 Å². The zero-order chi connectivity index (χ0) is 14.9. The van der Waals surface area contributed by atoms with Gasteiger partial charge in [-0.1, -0.05) is 11.2 Å². The van der Waals surface area contributed by atoms with Gasteiger partial charge in [-0.25, -0.2) is 0 Å². The van der Waals surface area contributed by atoms with Gasteiger partial charge >= 0.3 is 0 Å². The highest BCUT2D eigenvalue weighted by atomic mass is 32.1. The van der Waals surface area contributed by atoms with Crippen molar-refractivity contribution in [3.05, 3.63) is 47.2 Å². The number of rotatable bonds is 3. The first-order valence-electron chi connectivity index (χ1n) is 7.00. The van der Waals surface area contributed by atoms with E-state index in [9.17, 15) is 0 Å². The van der Waals surface area contributed by atoms with Crippen LogP contribution in [0, 0.1) is 0 Å². The standard InChI is InChI=1S/C16H14N2O3S/c1-19-12-4-5-13-10(8-12)7-11(9-20-13)16-17-15(18-21-16)14-3-2-6-22-14/h2-6,8,11H,7,9H2,1H3/t11-/m0/s1. The van der Waals surface area contributed by atoms with Crippen molar-refractivity contribution in [2.24, 2.45) is 0 Å². The van der Waals surface area contributed by atoms with Crippen molar-refractivity contribution < 1.29 is 14.0 Å². The van der Waals surface area contributed by atoms with E-state index < -0.39 is 0 Å². The van der Waals surface area contributed by atoms with Crippen LogP contribution < -0.4 is 9.47 Å². The minimum atomic E-state index is 0.0702. The first-order valence-corrected chi connectivity index (χ1v) is 7.88. The minimum absolute atomic E-state index is 0.0702. The Bertz CT molecular complexity index is 783. The summed E-state index contributed by atoms with van der Waals surface area (Å²) >= 11 is 1.60.